The molecule has 0 bridgehead atoms. The first-order valence-corrected chi connectivity index (χ1v) is 5.47. The van der Waals surface area contributed by atoms with Crippen molar-refractivity contribution in [2.75, 3.05) is 0 Å². The highest BCUT2D eigenvalue weighted by molar-refractivity contribution is 5.82. The summed E-state index contributed by atoms with van der Waals surface area (Å²) in [4.78, 5) is 24.9. The van der Waals surface area contributed by atoms with Gasteiger partial charge in [0.1, 0.15) is 12.4 Å². The summed E-state index contributed by atoms with van der Waals surface area (Å²) in [7, 11) is 0. The van der Waals surface area contributed by atoms with Gasteiger partial charge in [0.2, 0.25) is 0 Å². The van der Waals surface area contributed by atoms with Crippen LogP contribution in [0.3, 0.4) is 0 Å². The number of hydrogen-bond donors (Lipinski definition) is 0. The van der Waals surface area contributed by atoms with E-state index in [-0.39, 0.29) is 17.9 Å². The Bertz CT molecular complexity index is 599. The van der Waals surface area contributed by atoms with Gasteiger partial charge in [-0.1, -0.05) is 6.07 Å². The minimum Gasteiger partial charge on any atom is -0.487 e. The van der Waals surface area contributed by atoms with Crippen LogP contribution in [0.25, 0.3) is 0 Å². The Kier molecular flexibility index (Phi) is 3.82. The van der Waals surface area contributed by atoms with Crippen molar-refractivity contribution in [3.63, 3.8) is 0 Å². The fourth-order valence-electron chi connectivity index (χ4n) is 1.52. The van der Waals surface area contributed by atoms with Crippen LogP contribution in [0, 0.1) is 10.1 Å². The number of carbonyl (C=O) groups is 1. The Morgan fingerprint density at radius 2 is 2.16 bits per heavy atom. The van der Waals surface area contributed by atoms with E-state index in [1.54, 1.807) is 18.3 Å². The Morgan fingerprint density at radius 1 is 1.32 bits per heavy atom. The van der Waals surface area contributed by atoms with E-state index < -0.39 is 4.92 Å². The fourth-order valence-corrected chi connectivity index (χ4v) is 1.52. The van der Waals surface area contributed by atoms with E-state index in [0.717, 1.165) is 5.69 Å². The van der Waals surface area contributed by atoms with Crippen molar-refractivity contribution in [2.24, 2.45) is 0 Å². The van der Waals surface area contributed by atoms with Crippen LogP contribution in [0.4, 0.5) is 5.69 Å². The second-order valence-electron chi connectivity index (χ2n) is 3.71. The zero-order valence-electron chi connectivity index (χ0n) is 9.85. The van der Waals surface area contributed by atoms with E-state index in [4.69, 9.17) is 4.74 Å². The summed E-state index contributed by atoms with van der Waals surface area (Å²) in [6.45, 7) is 0.233. The molecule has 0 aliphatic carbocycles. The number of nitrogens with zero attached hydrogens (tertiary/aromatic N) is 2. The molecule has 0 aliphatic rings. The van der Waals surface area contributed by atoms with Gasteiger partial charge in [-0.15, -0.1) is 0 Å². The normalized spacial score (nSPS) is 9.89. The van der Waals surface area contributed by atoms with Gasteiger partial charge < -0.3 is 4.74 Å². The van der Waals surface area contributed by atoms with Crippen molar-refractivity contribution in [2.45, 2.75) is 6.61 Å². The molecule has 96 valence electrons. The lowest BCUT2D eigenvalue weighted by atomic mass is 10.2. The molecule has 0 unspecified atom stereocenters. The first-order chi connectivity index (χ1) is 9.20. The SMILES string of the molecule is O=Cc1cc(OCc2ccccn2)ccc1[N+](=O)[O-]. The minimum atomic E-state index is -0.605. The van der Waals surface area contributed by atoms with Gasteiger partial charge >= 0.3 is 0 Å². The van der Waals surface area contributed by atoms with E-state index in [1.807, 2.05) is 6.07 Å². The highest BCUT2D eigenvalue weighted by Gasteiger charge is 2.13. The number of aromatic nitrogens is 1. The molecular weight excluding hydrogens is 248 g/mol. The summed E-state index contributed by atoms with van der Waals surface area (Å²) in [6, 6.07) is 9.46. The molecule has 2 aromatic rings. The first kappa shape index (κ1) is 12.7. The van der Waals surface area contributed by atoms with Crippen LogP contribution in [0.15, 0.2) is 42.6 Å². The second kappa shape index (κ2) is 5.72. The third kappa shape index (κ3) is 3.12. The molecule has 1 aromatic heterocycles. The monoisotopic (exact) mass is 258 g/mol. The average molecular weight is 258 g/mol. The van der Waals surface area contributed by atoms with Gasteiger partial charge in [0.25, 0.3) is 5.69 Å². The molecule has 2 rings (SSSR count). The number of ether oxygens (including phenoxy) is 1. The molecule has 0 amide bonds. The van der Waals surface area contributed by atoms with Crippen molar-refractivity contribution >= 4 is 12.0 Å². The summed E-state index contributed by atoms with van der Waals surface area (Å²) in [5.41, 5.74) is 0.484. The van der Waals surface area contributed by atoms with Crippen LogP contribution in [-0.2, 0) is 6.61 Å². The van der Waals surface area contributed by atoms with Gasteiger partial charge in [-0.3, -0.25) is 19.9 Å². The van der Waals surface area contributed by atoms with Gasteiger partial charge in [0.05, 0.1) is 16.2 Å². The zero-order valence-corrected chi connectivity index (χ0v) is 9.85. The molecule has 0 aliphatic heterocycles. The number of nitro groups is 1. The van der Waals surface area contributed by atoms with Crippen molar-refractivity contribution in [1.82, 2.24) is 4.98 Å². The molecule has 0 radical (unpaired) electrons. The number of aldehydes is 1. The van der Waals surface area contributed by atoms with E-state index in [0.29, 0.717) is 12.0 Å². The van der Waals surface area contributed by atoms with Crippen molar-refractivity contribution in [3.05, 3.63) is 64.0 Å². The molecule has 6 heteroatoms. The highest BCUT2D eigenvalue weighted by atomic mass is 16.6. The Morgan fingerprint density at radius 3 is 2.79 bits per heavy atom. The summed E-state index contributed by atoms with van der Waals surface area (Å²) in [5, 5.41) is 10.7. The first-order valence-electron chi connectivity index (χ1n) is 5.47. The number of pyridine rings is 1. The maximum atomic E-state index is 10.8. The molecule has 0 N–H and O–H groups in total. The lowest BCUT2D eigenvalue weighted by Gasteiger charge is -2.06. The average Bonchev–Trinajstić information content (AvgIpc) is 2.45. The maximum absolute atomic E-state index is 10.8. The molecule has 0 atom stereocenters. The van der Waals surface area contributed by atoms with E-state index in [9.17, 15) is 14.9 Å². The van der Waals surface area contributed by atoms with E-state index in [1.165, 1.54) is 18.2 Å². The third-order valence-electron chi connectivity index (χ3n) is 2.44. The van der Waals surface area contributed by atoms with Crippen molar-refractivity contribution < 1.29 is 14.5 Å². The number of nitro benzene ring substituents is 1. The van der Waals surface area contributed by atoms with Crippen LogP contribution < -0.4 is 4.74 Å². The highest BCUT2D eigenvalue weighted by Crippen LogP contribution is 2.23. The largest absolute Gasteiger partial charge is 0.487 e. The van der Waals surface area contributed by atoms with Crippen LogP contribution in [0.1, 0.15) is 16.1 Å². The van der Waals surface area contributed by atoms with E-state index in [2.05, 4.69) is 4.98 Å². The number of hydrogen-bond acceptors (Lipinski definition) is 5. The van der Waals surface area contributed by atoms with Crippen LogP contribution >= 0.6 is 0 Å². The smallest absolute Gasteiger partial charge is 0.280 e. The molecule has 0 spiro atoms. The molecule has 19 heavy (non-hydrogen) atoms. The standard InChI is InChI=1S/C13H10N2O4/c16-8-10-7-12(4-5-13(10)15(17)18)19-9-11-3-1-2-6-14-11/h1-8H,9H2. The number of carbonyl (C=O) groups excluding carboxylic acids is 1. The molecule has 0 fully saturated rings. The van der Waals surface area contributed by atoms with Gasteiger partial charge in [-0.25, -0.2) is 0 Å². The lowest BCUT2D eigenvalue weighted by molar-refractivity contribution is -0.385. The summed E-state index contributed by atoms with van der Waals surface area (Å²) in [6.07, 6.45) is 2.08. The maximum Gasteiger partial charge on any atom is 0.280 e. The Balaban J connectivity index is 2.13. The molecule has 0 saturated heterocycles. The molecular formula is C13H10N2O4. The Labute approximate surface area is 108 Å². The summed E-state index contributed by atoms with van der Waals surface area (Å²) in [5.74, 6) is 0.387. The quantitative estimate of drug-likeness (QED) is 0.467. The van der Waals surface area contributed by atoms with Crippen molar-refractivity contribution in [3.8, 4) is 5.75 Å². The van der Waals surface area contributed by atoms with E-state index >= 15 is 0 Å². The summed E-state index contributed by atoms with van der Waals surface area (Å²) < 4.78 is 5.43. The predicted octanol–water partition coefficient (Wildman–Crippen LogP) is 2.38. The molecule has 0 saturated carbocycles. The third-order valence-corrected chi connectivity index (χ3v) is 2.44. The van der Waals surface area contributed by atoms with Gasteiger partial charge in [0.15, 0.2) is 6.29 Å². The van der Waals surface area contributed by atoms with Crippen LogP contribution in [0.2, 0.25) is 0 Å². The molecule has 1 heterocycles. The van der Waals surface area contributed by atoms with Gasteiger partial charge in [-0.2, -0.15) is 0 Å². The van der Waals surface area contributed by atoms with Gasteiger partial charge in [0, 0.05) is 12.3 Å². The topological polar surface area (TPSA) is 82.3 Å². The van der Waals surface area contributed by atoms with Crippen molar-refractivity contribution in [1.29, 1.82) is 0 Å². The lowest BCUT2D eigenvalue weighted by Crippen LogP contribution is -1.99. The van der Waals surface area contributed by atoms with Gasteiger partial charge in [-0.05, 0) is 24.3 Å². The van der Waals surface area contributed by atoms with Crippen LogP contribution in [0.5, 0.6) is 5.75 Å². The predicted molar refractivity (Wildman–Crippen MR) is 67.1 cm³/mol. The second-order valence-corrected chi connectivity index (χ2v) is 3.71. The minimum absolute atomic E-state index is 0.0106. The van der Waals surface area contributed by atoms with Crippen LogP contribution in [-0.4, -0.2) is 16.2 Å². The summed E-state index contributed by atoms with van der Waals surface area (Å²) >= 11 is 0. The number of rotatable bonds is 5. The molecule has 6 nitrogen and oxygen atoms in total. The molecule has 1 aromatic carbocycles. The Hall–Kier alpha value is -2.76. The fraction of sp³-hybridized carbons (Fsp3) is 0.0769. The zero-order chi connectivity index (χ0) is 13.7. The number of benzene rings is 1.